The lowest BCUT2D eigenvalue weighted by atomic mass is 9.96. The van der Waals surface area contributed by atoms with E-state index in [0.29, 0.717) is 17.0 Å². The van der Waals surface area contributed by atoms with E-state index in [4.69, 9.17) is 4.74 Å². The Morgan fingerprint density at radius 2 is 1.55 bits per heavy atom. The minimum absolute atomic E-state index is 0.134. The third-order valence-corrected chi connectivity index (χ3v) is 5.62. The van der Waals surface area contributed by atoms with Crippen molar-refractivity contribution in [3.05, 3.63) is 59.9 Å². The van der Waals surface area contributed by atoms with Crippen molar-refractivity contribution in [2.24, 2.45) is 0 Å². The van der Waals surface area contributed by atoms with Gasteiger partial charge < -0.3 is 4.74 Å². The average Bonchev–Trinajstić information content (AvgIpc) is 3.19. The van der Waals surface area contributed by atoms with E-state index in [0.717, 1.165) is 37.8 Å². The molecule has 0 amide bonds. The molecule has 0 saturated heterocycles. The molecule has 0 aliphatic rings. The summed E-state index contributed by atoms with van der Waals surface area (Å²) in [7, 11) is 0. The first-order valence-electron chi connectivity index (χ1n) is 9.97. The second kappa shape index (κ2) is 6.40. The highest BCUT2D eigenvalue weighted by Gasteiger charge is 2.22. The van der Waals surface area contributed by atoms with Gasteiger partial charge in [0.15, 0.2) is 11.3 Å². The molecule has 3 aromatic carbocycles. The maximum absolute atomic E-state index is 12.3. The normalized spacial score (nSPS) is 11.8. The van der Waals surface area contributed by atoms with Crippen molar-refractivity contribution in [1.29, 1.82) is 0 Å². The quantitative estimate of drug-likeness (QED) is 0.315. The molecule has 0 radical (unpaired) electrons. The molecule has 6 rings (SSSR count). The summed E-state index contributed by atoms with van der Waals surface area (Å²) in [4.78, 5) is 12.3. The number of carbonyl (C=O) groups is 1. The first-order valence-corrected chi connectivity index (χ1v) is 9.97. The van der Waals surface area contributed by atoms with Gasteiger partial charge in [-0.15, -0.1) is 25.5 Å². The zero-order valence-corrected chi connectivity index (χ0v) is 16.8. The second-order valence-corrected chi connectivity index (χ2v) is 7.30. The Kier molecular flexibility index (Phi) is 3.64. The highest BCUT2D eigenvalue weighted by atomic mass is 16.5. The summed E-state index contributed by atoms with van der Waals surface area (Å²) in [5.41, 5.74) is 2.44. The maximum Gasteiger partial charge on any atom is 0.360 e. The molecular formula is C23H16N6O2. The van der Waals surface area contributed by atoms with Crippen LogP contribution < -0.4 is 0 Å². The monoisotopic (exact) mass is 408 g/mol. The lowest BCUT2D eigenvalue weighted by Gasteiger charge is -2.09. The maximum atomic E-state index is 12.3. The van der Waals surface area contributed by atoms with Crippen LogP contribution in [0.4, 0.5) is 0 Å². The van der Waals surface area contributed by atoms with Gasteiger partial charge in [0, 0.05) is 10.8 Å². The summed E-state index contributed by atoms with van der Waals surface area (Å²) in [5.74, 6) is -0.527. The van der Waals surface area contributed by atoms with Crippen LogP contribution in [0.2, 0.25) is 0 Å². The summed E-state index contributed by atoms with van der Waals surface area (Å²) < 4.78 is 6.70. The molecule has 150 valence electrons. The molecule has 3 aromatic heterocycles. The van der Waals surface area contributed by atoms with E-state index in [2.05, 4.69) is 43.7 Å². The third kappa shape index (κ3) is 2.35. The first kappa shape index (κ1) is 17.6. The number of hydrogen-bond donors (Lipinski definition) is 0. The Morgan fingerprint density at radius 1 is 0.871 bits per heavy atom. The van der Waals surface area contributed by atoms with Crippen LogP contribution in [0.5, 0.6) is 0 Å². The van der Waals surface area contributed by atoms with Crippen LogP contribution in [-0.4, -0.2) is 42.6 Å². The number of nitrogens with zero attached hydrogens (tertiary/aromatic N) is 6. The van der Waals surface area contributed by atoms with E-state index in [-0.39, 0.29) is 12.3 Å². The van der Waals surface area contributed by atoms with Crippen molar-refractivity contribution in [3.63, 3.8) is 0 Å². The molecule has 0 atom stereocenters. The highest BCUT2D eigenvalue weighted by molar-refractivity contribution is 6.31. The van der Waals surface area contributed by atoms with Gasteiger partial charge >= 0.3 is 5.97 Å². The molecule has 0 saturated carbocycles. The molecule has 3 heterocycles. The molecule has 0 spiro atoms. The number of aromatic nitrogens is 6. The van der Waals surface area contributed by atoms with Gasteiger partial charge in [0.1, 0.15) is 5.52 Å². The van der Waals surface area contributed by atoms with Crippen molar-refractivity contribution < 1.29 is 9.53 Å². The molecule has 0 unspecified atom stereocenters. The lowest BCUT2D eigenvalue weighted by molar-refractivity contribution is 0.0516. The number of ether oxygens (including phenoxy) is 1. The summed E-state index contributed by atoms with van der Waals surface area (Å²) in [5, 5.41) is 28.0. The van der Waals surface area contributed by atoms with Crippen molar-refractivity contribution in [2.45, 2.75) is 13.8 Å². The van der Waals surface area contributed by atoms with Gasteiger partial charge in [-0.25, -0.2) is 9.31 Å². The van der Waals surface area contributed by atoms with E-state index >= 15 is 0 Å². The van der Waals surface area contributed by atoms with Crippen LogP contribution in [0.3, 0.4) is 0 Å². The minimum atomic E-state index is -0.527. The Morgan fingerprint density at radius 3 is 2.29 bits per heavy atom. The number of carbonyl (C=O) groups excluding carboxylic acids is 1. The summed E-state index contributed by atoms with van der Waals surface area (Å²) >= 11 is 0. The highest BCUT2D eigenvalue weighted by Crippen LogP contribution is 2.37. The second-order valence-electron chi connectivity index (χ2n) is 7.30. The van der Waals surface area contributed by atoms with Gasteiger partial charge in [-0.05, 0) is 30.0 Å². The number of benzene rings is 3. The third-order valence-electron chi connectivity index (χ3n) is 5.62. The molecule has 31 heavy (non-hydrogen) atoms. The van der Waals surface area contributed by atoms with Crippen molar-refractivity contribution >= 4 is 55.1 Å². The Balaban J connectivity index is 1.83. The number of esters is 1. The van der Waals surface area contributed by atoms with Gasteiger partial charge in [-0.1, -0.05) is 48.5 Å². The van der Waals surface area contributed by atoms with Gasteiger partial charge in [-0.2, -0.15) is 0 Å². The first-order chi connectivity index (χ1) is 15.2. The number of hydrogen-bond acceptors (Lipinski definition) is 7. The predicted molar refractivity (Wildman–Crippen MR) is 117 cm³/mol. The largest absolute Gasteiger partial charge is 0.461 e. The van der Waals surface area contributed by atoms with Crippen molar-refractivity contribution in [2.75, 3.05) is 6.61 Å². The van der Waals surface area contributed by atoms with Crippen LogP contribution in [0.1, 0.15) is 23.1 Å². The van der Waals surface area contributed by atoms with Gasteiger partial charge in [-0.3, -0.25) is 0 Å². The van der Waals surface area contributed by atoms with Crippen molar-refractivity contribution in [3.8, 4) is 0 Å². The molecular weight excluding hydrogens is 392 g/mol. The molecule has 0 N–H and O–H groups in total. The number of fused-ring (bicyclic) bond motifs is 10. The van der Waals surface area contributed by atoms with Crippen LogP contribution in [0.25, 0.3) is 49.1 Å². The van der Waals surface area contributed by atoms with Crippen LogP contribution >= 0.6 is 0 Å². The van der Waals surface area contributed by atoms with Crippen LogP contribution in [0.15, 0.2) is 48.5 Å². The molecule has 6 aromatic rings. The SMILES string of the molecule is CCOC(=O)c1nnc2c3c(nnc4c5ccccc5c5ccccc5c43)nn2c1C. The predicted octanol–water partition coefficient (Wildman–Crippen LogP) is 4.01. The fourth-order valence-corrected chi connectivity index (χ4v) is 4.25. The molecule has 0 aliphatic heterocycles. The van der Waals surface area contributed by atoms with E-state index < -0.39 is 5.97 Å². The summed E-state index contributed by atoms with van der Waals surface area (Å²) in [6.07, 6.45) is 0. The Hall–Kier alpha value is -4.20. The fourth-order valence-electron chi connectivity index (χ4n) is 4.25. The van der Waals surface area contributed by atoms with Crippen molar-refractivity contribution in [1.82, 2.24) is 30.0 Å². The molecule has 8 heteroatoms. The fraction of sp³-hybridized carbons (Fsp3) is 0.130. The number of aryl methyl sites for hydroxylation is 1. The van der Waals surface area contributed by atoms with Gasteiger partial charge in [0.25, 0.3) is 0 Å². The Labute approximate surface area is 175 Å². The number of rotatable bonds is 2. The standard InChI is InChI=1S/C23H16N6O2/c1-3-31-23(30)19-12(2)29-22(27-24-19)18-17-15-10-6-4-8-13(15)14-9-5-7-11-16(14)20(17)25-26-21(18)28-29/h4-11H,3H2,1-2H3. The average molecular weight is 408 g/mol. The van der Waals surface area contributed by atoms with E-state index in [1.807, 2.05) is 30.3 Å². The van der Waals surface area contributed by atoms with Gasteiger partial charge in [0.05, 0.1) is 17.7 Å². The van der Waals surface area contributed by atoms with E-state index in [1.165, 1.54) is 0 Å². The summed E-state index contributed by atoms with van der Waals surface area (Å²) in [6, 6.07) is 16.4. The smallest absolute Gasteiger partial charge is 0.360 e. The van der Waals surface area contributed by atoms with Crippen LogP contribution in [0, 0.1) is 6.92 Å². The zero-order chi connectivity index (χ0) is 21.1. The van der Waals surface area contributed by atoms with Crippen LogP contribution in [-0.2, 0) is 4.74 Å². The Bertz CT molecular complexity index is 1650. The minimum Gasteiger partial charge on any atom is -0.461 e. The lowest BCUT2D eigenvalue weighted by Crippen LogP contribution is -2.14. The zero-order valence-electron chi connectivity index (χ0n) is 16.8. The molecule has 0 aliphatic carbocycles. The topological polar surface area (TPSA) is 95.2 Å². The van der Waals surface area contributed by atoms with Gasteiger partial charge in [0.2, 0.25) is 5.65 Å². The van der Waals surface area contributed by atoms with E-state index in [1.54, 1.807) is 18.4 Å². The molecule has 8 nitrogen and oxygen atoms in total. The molecule has 0 fully saturated rings. The summed E-state index contributed by atoms with van der Waals surface area (Å²) in [6.45, 7) is 3.77. The van der Waals surface area contributed by atoms with E-state index in [9.17, 15) is 4.79 Å². The molecule has 0 bridgehead atoms.